The molecule has 168 valence electrons. The van der Waals surface area contributed by atoms with Gasteiger partial charge in [0.2, 0.25) is 0 Å². The third-order valence-electron chi connectivity index (χ3n) is 4.88. The van der Waals surface area contributed by atoms with E-state index in [-0.39, 0.29) is 18.3 Å². The third-order valence-corrected chi connectivity index (χ3v) is 5.77. The van der Waals surface area contributed by atoms with E-state index >= 15 is 0 Å². The number of rotatable bonds is 7. The van der Waals surface area contributed by atoms with Crippen LogP contribution in [-0.4, -0.2) is 15.7 Å². The van der Waals surface area contributed by atoms with Crippen molar-refractivity contribution in [2.24, 2.45) is 0 Å². The summed E-state index contributed by atoms with van der Waals surface area (Å²) >= 11 is 9.62. The molecule has 0 saturated heterocycles. The monoisotopic (exact) mass is 527 g/mol. The van der Waals surface area contributed by atoms with E-state index in [2.05, 4.69) is 26.3 Å². The number of anilines is 1. The van der Waals surface area contributed by atoms with Crippen molar-refractivity contribution in [1.29, 1.82) is 0 Å². The molecule has 1 heterocycles. The summed E-state index contributed by atoms with van der Waals surface area (Å²) in [7, 11) is 0. The predicted octanol–water partition coefficient (Wildman–Crippen LogP) is 6.63. The number of hydrogen-bond donors (Lipinski definition) is 1. The summed E-state index contributed by atoms with van der Waals surface area (Å²) in [6.07, 6.45) is 1.76. The van der Waals surface area contributed by atoms with E-state index in [1.807, 2.05) is 25.1 Å². The second-order valence-corrected chi connectivity index (χ2v) is 8.79. The van der Waals surface area contributed by atoms with Crippen LogP contribution >= 0.6 is 27.5 Å². The van der Waals surface area contributed by atoms with Gasteiger partial charge in [0.15, 0.2) is 5.82 Å². The van der Waals surface area contributed by atoms with Gasteiger partial charge in [0, 0.05) is 11.8 Å². The summed E-state index contributed by atoms with van der Waals surface area (Å²) in [5, 5.41) is 7.77. The lowest BCUT2D eigenvalue weighted by molar-refractivity contribution is 0.102. The number of carbonyl (C=O) groups excluding carboxylic acids is 1. The smallest absolute Gasteiger partial charge is 0.256 e. The Morgan fingerprint density at radius 3 is 2.70 bits per heavy atom. The van der Waals surface area contributed by atoms with Gasteiger partial charge in [-0.3, -0.25) is 9.48 Å². The fourth-order valence-electron chi connectivity index (χ4n) is 3.20. The fraction of sp³-hybridized carbons (Fsp3) is 0.120. The number of benzene rings is 3. The van der Waals surface area contributed by atoms with Crippen LogP contribution in [0.3, 0.4) is 0 Å². The molecule has 1 aromatic heterocycles. The molecule has 0 radical (unpaired) electrons. The Morgan fingerprint density at radius 2 is 1.91 bits per heavy atom. The van der Waals surface area contributed by atoms with Crippen LogP contribution in [-0.2, 0) is 13.2 Å². The lowest BCUT2D eigenvalue weighted by atomic mass is 10.1. The van der Waals surface area contributed by atoms with E-state index in [0.29, 0.717) is 33.2 Å². The van der Waals surface area contributed by atoms with Gasteiger partial charge in [-0.2, -0.15) is 5.10 Å². The maximum absolute atomic E-state index is 13.1. The summed E-state index contributed by atoms with van der Waals surface area (Å²) < 4.78 is 21.3. The normalized spacial score (nSPS) is 10.8. The van der Waals surface area contributed by atoms with Gasteiger partial charge >= 0.3 is 0 Å². The minimum absolute atomic E-state index is 0.278. The molecule has 33 heavy (non-hydrogen) atoms. The Hall–Kier alpha value is -3.16. The first-order chi connectivity index (χ1) is 15.9. The van der Waals surface area contributed by atoms with Gasteiger partial charge in [0.05, 0.1) is 16.0 Å². The molecular formula is C25H20BrClFN3O2. The van der Waals surface area contributed by atoms with Gasteiger partial charge in [-0.05, 0) is 75.9 Å². The molecule has 0 aliphatic heterocycles. The predicted molar refractivity (Wildman–Crippen MR) is 130 cm³/mol. The lowest BCUT2D eigenvalue weighted by Gasteiger charge is -2.10. The molecule has 0 bridgehead atoms. The highest BCUT2D eigenvalue weighted by Gasteiger charge is 2.13. The first-order valence-corrected chi connectivity index (χ1v) is 11.3. The van der Waals surface area contributed by atoms with Gasteiger partial charge in [-0.25, -0.2) is 4.39 Å². The highest BCUT2D eigenvalue weighted by molar-refractivity contribution is 9.10. The first-order valence-electron chi connectivity index (χ1n) is 10.1. The van der Waals surface area contributed by atoms with Crippen LogP contribution in [0.5, 0.6) is 5.75 Å². The summed E-state index contributed by atoms with van der Waals surface area (Å²) in [6.45, 7) is 2.69. The van der Waals surface area contributed by atoms with Crippen LogP contribution in [0.15, 0.2) is 77.4 Å². The molecule has 5 nitrogen and oxygen atoms in total. The quantitative estimate of drug-likeness (QED) is 0.293. The number of nitrogens with one attached hydrogen (secondary N) is 1. The molecule has 0 saturated carbocycles. The molecule has 0 spiro atoms. The maximum atomic E-state index is 13.1. The average Bonchev–Trinajstić information content (AvgIpc) is 3.14. The second kappa shape index (κ2) is 10.2. The van der Waals surface area contributed by atoms with Gasteiger partial charge in [0.25, 0.3) is 5.91 Å². The Kier molecular flexibility index (Phi) is 7.11. The number of ether oxygens (including phenoxy) is 1. The van der Waals surface area contributed by atoms with Crippen molar-refractivity contribution in [2.75, 3.05) is 5.32 Å². The molecule has 0 atom stereocenters. The Bertz CT molecular complexity index is 1290. The highest BCUT2D eigenvalue weighted by Crippen LogP contribution is 2.26. The molecule has 4 aromatic rings. The number of carbonyl (C=O) groups is 1. The lowest BCUT2D eigenvalue weighted by Crippen LogP contribution is -2.13. The zero-order chi connectivity index (χ0) is 23.4. The van der Waals surface area contributed by atoms with Crippen molar-refractivity contribution >= 4 is 39.3 Å². The zero-order valence-electron chi connectivity index (χ0n) is 17.7. The van der Waals surface area contributed by atoms with E-state index in [1.165, 1.54) is 12.1 Å². The topological polar surface area (TPSA) is 56.1 Å². The van der Waals surface area contributed by atoms with E-state index in [1.54, 1.807) is 47.3 Å². The molecule has 0 unspecified atom stereocenters. The summed E-state index contributed by atoms with van der Waals surface area (Å²) in [6, 6.07) is 19.0. The van der Waals surface area contributed by atoms with Gasteiger partial charge < -0.3 is 10.1 Å². The Morgan fingerprint density at radius 1 is 1.12 bits per heavy atom. The standard InChI is InChI=1S/C25H20BrClFN3O2/c1-16-5-10-22(27)23(11-16)33-15-18-3-2-4-19(12-18)25(32)29-24-21(26)14-31(30-24)13-17-6-8-20(28)9-7-17/h2-12,14H,13,15H2,1H3,(H,29,30,32). The number of nitrogens with zero attached hydrogens (tertiary/aromatic N) is 2. The van der Waals surface area contributed by atoms with Crippen LogP contribution in [0.2, 0.25) is 5.02 Å². The molecule has 8 heteroatoms. The average molecular weight is 529 g/mol. The van der Waals surface area contributed by atoms with Crippen LogP contribution in [0.1, 0.15) is 27.0 Å². The molecule has 0 fully saturated rings. The maximum Gasteiger partial charge on any atom is 0.256 e. The first kappa shape index (κ1) is 23.0. The van der Waals surface area contributed by atoms with Crippen molar-refractivity contribution in [3.05, 3.63) is 110 Å². The van der Waals surface area contributed by atoms with Crippen LogP contribution < -0.4 is 10.1 Å². The zero-order valence-corrected chi connectivity index (χ0v) is 20.0. The fourth-order valence-corrected chi connectivity index (χ4v) is 3.79. The summed E-state index contributed by atoms with van der Waals surface area (Å²) in [5.74, 6) is 0.415. The van der Waals surface area contributed by atoms with Crippen LogP contribution in [0, 0.1) is 12.7 Å². The van der Waals surface area contributed by atoms with Crippen molar-refractivity contribution < 1.29 is 13.9 Å². The third kappa shape index (κ3) is 6.00. The van der Waals surface area contributed by atoms with Gasteiger partial charge in [0.1, 0.15) is 18.2 Å². The van der Waals surface area contributed by atoms with E-state index in [4.69, 9.17) is 16.3 Å². The molecule has 4 rings (SSSR count). The second-order valence-electron chi connectivity index (χ2n) is 7.53. The molecule has 3 aromatic carbocycles. The Labute approximate surface area is 204 Å². The number of aromatic nitrogens is 2. The van der Waals surface area contributed by atoms with E-state index in [0.717, 1.165) is 16.7 Å². The number of aryl methyl sites for hydroxylation is 1. The van der Waals surface area contributed by atoms with Crippen LogP contribution in [0.25, 0.3) is 0 Å². The van der Waals surface area contributed by atoms with E-state index in [9.17, 15) is 9.18 Å². The van der Waals surface area contributed by atoms with Crippen LogP contribution in [0.4, 0.5) is 10.2 Å². The van der Waals surface area contributed by atoms with Gasteiger partial charge in [-0.1, -0.05) is 41.9 Å². The largest absolute Gasteiger partial charge is 0.487 e. The SMILES string of the molecule is Cc1ccc(Cl)c(OCc2cccc(C(=O)Nc3nn(Cc4ccc(F)cc4)cc3Br)c2)c1. The molecule has 1 N–H and O–H groups in total. The summed E-state index contributed by atoms with van der Waals surface area (Å²) in [5.41, 5.74) is 3.25. The molecule has 0 aliphatic rings. The minimum atomic E-state index is -0.293. The minimum Gasteiger partial charge on any atom is -0.487 e. The number of hydrogen-bond acceptors (Lipinski definition) is 3. The van der Waals surface area contributed by atoms with Crippen molar-refractivity contribution in [3.63, 3.8) is 0 Å². The molecule has 0 aliphatic carbocycles. The number of halogens is 3. The van der Waals surface area contributed by atoms with Crippen molar-refractivity contribution in [2.45, 2.75) is 20.1 Å². The molecule has 1 amide bonds. The van der Waals surface area contributed by atoms with Crippen molar-refractivity contribution in [1.82, 2.24) is 9.78 Å². The van der Waals surface area contributed by atoms with Crippen molar-refractivity contribution in [3.8, 4) is 5.75 Å². The molecular weight excluding hydrogens is 509 g/mol. The van der Waals surface area contributed by atoms with Gasteiger partial charge in [-0.15, -0.1) is 0 Å². The Balaban J connectivity index is 1.42. The summed E-state index contributed by atoms with van der Waals surface area (Å²) in [4.78, 5) is 12.8. The number of amides is 1. The van der Waals surface area contributed by atoms with E-state index < -0.39 is 0 Å². The highest BCUT2D eigenvalue weighted by atomic mass is 79.9.